The van der Waals surface area contributed by atoms with Crippen molar-refractivity contribution in [1.29, 1.82) is 0 Å². The van der Waals surface area contributed by atoms with Gasteiger partial charge in [0, 0.05) is 6.54 Å². The van der Waals surface area contributed by atoms with E-state index in [-0.39, 0.29) is 5.56 Å². The molecule has 0 amide bonds. The Hall–Kier alpha value is -3.67. The molecule has 0 spiro atoms. The summed E-state index contributed by atoms with van der Waals surface area (Å²) < 4.78 is 16.7. The summed E-state index contributed by atoms with van der Waals surface area (Å²) in [4.78, 5) is 11.2. The fourth-order valence-electron chi connectivity index (χ4n) is 2.96. The van der Waals surface area contributed by atoms with Crippen LogP contribution in [0.25, 0.3) is 0 Å². The zero-order valence-corrected chi connectivity index (χ0v) is 17.3. The van der Waals surface area contributed by atoms with E-state index in [0.29, 0.717) is 36.1 Å². The lowest BCUT2D eigenvalue weighted by molar-refractivity contribution is 0.0697. The van der Waals surface area contributed by atoms with Gasteiger partial charge in [0.25, 0.3) is 0 Å². The van der Waals surface area contributed by atoms with Gasteiger partial charge in [-0.05, 0) is 48.4 Å². The largest absolute Gasteiger partial charge is 0.495 e. The Labute approximate surface area is 176 Å². The number of carboxylic acids is 1. The summed E-state index contributed by atoms with van der Waals surface area (Å²) in [6, 6.07) is 18.6. The molecule has 0 aliphatic heterocycles. The summed E-state index contributed by atoms with van der Waals surface area (Å²) in [6.45, 7) is 2.97. The first kappa shape index (κ1) is 21.0. The minimum absolute atomic E-state index is 0.190. The number of aromatic carboxylic acids is 1. The van der Waals surface area contributed by atoms with E-state index < -0.39 is 5.97 Å². The Bertz CT molecular complexity index is 1010. The van der Waals surface area contributed by atoms with Crippen molar-refractivity contribution in [2.24, 2.45) is 0 Å². The van der Waals surface area contributed by atoms with E-state index in [1.807, 2.05) is 37.3 Å². The summed E-state index contributed by atoms with van der Waals surface area (Å²) in [5.41, 5.74) is 4.04. The first-order chi connectivity index (χ1) is 14.5. The minimum atomic E-state index is -0.988. The van der Waals surface area contributed by atoms with Crippen molar-refractivity contribution in [3.63, 3.8) is 0 Å². The second-order valence-electron chi connectivity index (χ2n) is 6.83. The summed E-state index contributed by atoms with van der Waals surface area (Å²) in [6.07, 6.45) is 0. The number of methoxy groups -OCH3 is 2. The van der Waals surface area contributed by atoms with Crippen LogP contribution < -0.4 is 19.5 Å². The molecule has 0 saturated heterocycles. The zero-order chi connectivity index (χ0) is 21.5. The first-order valence-electron chi connectivity index (χ1n) is 9.50. The molecule has 3 aromatic carbocycles. The van der Waals surface area contributed by atoms with E-state index in [1.165, 1.54) is 11.6 Å². The second kappa shape index (κ2) is 9.69. The highest BCUT2D eigenvalue weighted by Gasteiger charge is 2.10. The van der Waals surface area contributed by atoms with Crippen LogP contribution in [-0.4, -0.2) is 25.3 Å². The highest BCUT2D eigenvalue weighted by Crippen LogP contribution is 2.30. The van der Waals surface area contributed by atoms with E-state index in [2.05, 4.69) is 17.4 Å². The van der Waals surface area contributed by atoms with Crippen LogP contribution in [0.2, 0.25) is 0 Å². The van der Waals surface area contributed by atoms with Crippen LogP contribution in [-0.2, 0) is 13.2 Å². The van der Waals surface area contributed by atoms with Gasteiger partial charge in [0.15, 0.2) is 11.5 Å². The minimum Gasteiger partial charge on any atom is -0.495 e. The fourth-order valence-corrected chi connectivity index (χ4v) is 2.96. The summed E-state index contributed by atoms with van der Waals surface area (Å²) in [5, 5.41) is 12.4. The van der Waals surface area contributed by atoms with Gasteiger partial charge < -0.3 is 24.6 Å². The van der Waals surface area contributed by atoms with Gasteiger partial charge in [-0.25, -0.2) is 4.79 Å². The number of anilines is 1. The van der Waals surface area contributed by atoms with Crippen molar-refractivity contribution < 1.29 is 24.1 Å². The monoisotopic (exact) mass is 407 g/mol. The SMILES string of the molecule is COc1ccc(C(=O)O)cc1NCc1ccc(OCc2ccc(C)cc2)c(OC)c1. The molecule has 0 unspecified atom stereocenters. The summed E-state index contributed by atoms with van der Waals surface area (Å²) in [5.74, 6) is 0.877. The summed E-state index contributed by atoms with van der Waals surface area (Å²) >= 11 is 0. The smallest absolute Gasteiger partial charge is 0.335 e. The van der Waals surface area contributed by atoms with Crippen molar-refractivity contribution in [3.8, 4) is 17.2 Å². The predicted molar refractivity (Wildman–Crippen MR) is 116 cm³/mol. The fraction of sp³-hybridized carbons (Fsp3) is 0.208. The van der Waals surface area contributed by atoms with Crippen LogP contribution in [0.15, 0.2) is 60.7 Å². The zero-order valence-electron chi connectivity index (χ0n) is 17.3. The highest BCUT2D eigenvalue weighted by atomic mass is 16.5. The van der Waals surface area contributed by atoms with Crippen LogP contribution >= 0.6 is 0 Å². The maximum atomic E-state index is 11.2. The lowest BCUT2D eigenvalue weighted by atomic mass is 10.1. The molecule has 2 N–H and O–H groups in total. The molecule has 0 aliphatic rings. The number of carbonyl (C=O) groups is 1. The Morgan fingerprint density at radius 2 is 1.53 bits per heavy atom. The topological polar surface area (TPSA) is 77.0 Å². The molecule has 0 aromatic heterocycles. The molecular weight excluding hydrogens is 382 g/mol. The third-order valence-electron chi connectivity index (χ3n) is 4.67. The first-order valence-corrected chi connectivity index (χ1v) is 9.50. The van der Waals surface area contributed by atoms with Gasteiger partial charge in [-0.15, -0.1) is 0 Å². The van der Waals surface area contributed by atoms with E-state index in [1.54, 1.807) is 26.4 Å². The highest BCUT2D eigenvalue weighted by molar-refractivity contribution is 5.89. The third-order valence-corrected chi connectivity index (χ3v) is 4.67. The third kappa shape index (κ3) is 5.23. The molecule has 30 heavy (non-hydrogen) atoms. The molecule has 0 fully saturated rings. The van der Waals surface area contributed by atoms with E-state index in [0.717, 1.165) is 11.1 Å². The van der Waals surface area contributed by atoms with Gasteiger partial charge in [-0.2, -0.15) is 0 Å². The lowest BCUT2D eigenvalue weighted by Crippen LogP contribution is -2.05. The van der Waals surface area contributed by atoms with Crippen molar-refractivity contribution in [2.45, 2.75) is 20.1 Å². The van der Waals surface area contributed by atoms with Gasteiger partial charge in [0.1, 0.15) is 12.4 Å². The van der Waals surface area contributed by atoms with E-state index in [9.17, 15) is 9.90 Å². The molecule has 0 saturated carbocycles. The number of ether oxygens (including phenoxy) is 3. The molecule has 6 heteroatoms. The van der Waals surface area contributed by atoms with Crippen molar-refractivity contribution >= 4 is 11.7 Å². The quantitative estimate of drug-likeness (QED) is 0.525. The number of hydrogen-bond acceptors (Lipinski definition) is 5. The average molecular weight is 407 g/mol. The normalized spacial score (nSPS) is 10.4. The maximum absolute atomic E-state index is 11.2. The molecule has 3 aromatic rings. The van der Waals surface area contributed by atoms with E-state index >= 15 is 0 Å². The molecule has 0 aliphatic carbocycles. The van der Waals surface area contributed by atoms with Crippen molar-refractivity contribution in [2.75, 3.05) is 19.5 Å². The number of aryl methyl sites for hydroxylation is 1. The van der Waals surface area contributed by atoms with Crippen LogP contribution in [0, 0.1) is 6.92 Å². The van der Waals surface area contributed by atoms with Gasteiger partial charge in [0.2, 0.25) is 0 Å². The Balaban J connectivity index is 1.69. The number of hydrogen-bond donors (Lipinski definition) is 2. The average Bonchev–Trinajstić information content (AvgIpc) is 2.77. The molecular formula is C24H25NO5. The van der Waals surface area contributed by atoms with Crippen LogP contribution in [0.5, 0.6) is 17.2 Å². The summed E-state index contributed by atoms with van der Waals surface area (Å²) in [7, 11) is 3.15. The Morgan fingerprint density at radius 3 is 2.20 bits per heavy atom. The van der Waals surface area contributed by atoms with Gasteiger partial charge in [0.05, 0.1) is 25.5 Å². The Morgan fingerprint density at radius 1 is 0.867 bits per heavy atom. The number of rotatable bonds is 9. The molecule has 0 heterocycles. The molecule has 0 bridgehead atoms. The van der Waals surface area contributed by atoms with Gasteiger partial charge >= 0.3 is 5.97 Å². The van der Waals surface area contributed by atoms with Gasteiger partial charge in [-0.1, -0.05) is 35.9 Å². The number of benzene rings is 3. The van der Waals surface area contributed by atoms with Crippen molar-refractivity contribution in [1.82, 2.24) is 0 Å². The number of nitrogens with one attached hydrogen (secondary N) is 1. The molecule has 0 atom stereocenters. The molecule has 156 valence electrons. The standard InChI is InChI=1S/C24H25NO5/c1-16-4-6-17(7-5-16)15-30-22-10-8-18(12-23(22)29-3)14-25-20-13-19(24(26)27)9-11-21(20)28-2/h4-13,25H,14-15H2,1-3H3,(H,26,27). The van der Waals surface area contributed by atoms with Crippen LogP contribution in [0.3, 0.4) is 0 Å². The maximum Gasteiger partial charge on any atom is 0.335 e. The molecule has 6 nitrogen and oxygen atoms in total. The van der Waals surface area contributed by atoms with E-state index in [4.69, 9.17) is 14.2 Å². The van der Waals surface area contributed by atoms with Crippen LogP contribution in [0.1, 0.15) is 27.0 Å². The lowest BCUT2D eigenvalue weighted by Gasteiger charge is -2.15. The van der Waals surface area contributed by atoms with Gasteiger partial charge in [-0.3, -0.25) is 0 Å². The van der Waals surface area contributed by atoms with Crippen LogP contribution in [0.4, 0.5) is 5.69 Å². The predicted octanol–water partition coefficient (Wildman–Crippen LogP) is 4.90. The number of carboxylic acid groups (broad SMARTS) is 1. The molecule has 3 rings (SSSR count). The second-order valence-corrected chi connectivity index (χ2v) is 6.83. The Kier molecular flexibility index (Phi) is 6.80. The van der Waals surface area contributed by atoms with Crippen molar-refractivity contribution in [3.05, 3.63) is 82.9 Å². The molecule has 0 radical (unpaired) electrons.